The smallest absolute Gasteiger partial charge is 0.339 e. The lowest BCUT2D eigenvalue weighted by Gasteiger charge is -2.18. The van der Waals surface area contributed by atoms with Gasteiger partial charge in [-0.25, -0.2) is 4.79 Å². The first-order chi connectivity index (χ1) is 14.0. The molecule has 1 aliphatic heterocycles. The Morgan fingerprint density at radius 2 is 2.03 bits per heavy atom. The number of methoxy groups -OCH3 is 1. The average Bonchev–Trinajstić information content (AvgIpc) is 3.45. The largest absolute Gasteiger partial charge is 0.465 e. The predicted octanol–water partition coefficient (Wildman–Crippen LogP) is 2.38. The number of ether oxygens (including phenoxy) is 1. The van der Waals surface area contributed by atoms with Crippen molar-refractivity contribution in [2.45, 2.75) is 38.6 Å². The van der Waals surface area contributed by atoms with E-state index in [1.165, 1.54) is 13.3 Å². The van der Waals surface area contributed by atoms with Gasteiger partial charge in [-0.2, -0.15) is 0 Å². The molecule has 1 unspecified atom stereocenters. The normalized spacial score (nSPS) is 18.7. The summed E-state index contributed by atoms with van der Waals surface area (Å²) in [5, 5.41) is 0. The Hall–Kier alpha value is -2.96. The van der Waals surface area contributed by atoms with Gasteiger partial charge in [0.25, 0.3) is 11.5 Å². The minimum absolute atomic E-state index is 0.170. The first kappa shape index (κ1) is 19.4. The van der Waals surface area contributed by atoms with Crippen molar-refractivity contribution in [2.75, 3.05) is 20.2 Å². The number of hydrogen-bond donors (Lipinski definition) is 0. The fraction of sp³-hybridized carbons (Fsp3) is 0.455. The maximum atomic E-state index is 13.1. The van der Waals surface area contributed by atoms with E-state index >= 15 is 0 Å². The van der Waals surface area contributed by atoms with Gasteiger partial charge in [0.05, 0.1) is 12.7 Å². The molecule has 1 amide bonds. The van der Waals surface area contributed by atoms with E-state index in [1.54, 1.807) is 27.9 Å². The lowest BCUT2D eigenvalue weighted by Crippen LogP contribution is -2.36. The number of amides is 1. The van der Waals surface area contributed by atoms with E-state index in [4.69, 9.17) is 4.74 Å². The van der Waals surface area contributed by atoms with Crippen molar-refractivity contribution < 1.29 is 14.3 Å². The van der Waals surface area contributed by atoms with Crippen LogP contribution in [0, 0.1) is 12.8 Å². The van der Waals surface area contributed by atoms with Gasteiger partial charge in [-0.05, 0) is 61.8 Å². The molecule has 0 aromatic carbocycles. The number of pyridine rings is 2. The van der Waals surface area contributed by atoms with E-state index in [9.17, 15) is 14.4 Å². The molecule has 2 aromatic heterocycles. The summed E-state index contributed by atoms with van der Waals surface area (Å²) in [6, 6.07) is 3.90. The highest BCUT2D eigenvalue weighted by Crippen LogP contribution is 2.33. The maximum absolute atomic E-state index is 13.1. The number of aromatic nitrogens is 2. The standard InChI is InChI=1S/C22H25N3O4/c1-14-5-8-25(18-3-4-18)21(27)19(14)20(26)24-7-6-15(13-24)9-16-10-17(12-23-11-16)22(28)29-2/h5,8,10-12,15,18H,3-4,6-7,9,13H2,1-2H3. The van der Waals surface area contributed by atoms with Crippen molar-refractivity contribution in [3.05, 3.63) is 63.3 Å². The molecule has 7 heteroatoms. The van der Waals surface area contributed by atoms with Crippen LogP contribution in [0.5, 0.6) is 0 Å². The molecule has 2 aliphatic rings. The summed E-state index contributed by atoms with van der Waals surface area (Å²) >= 11 is 0. The molecule has 0 radical (unpaired) electrons. The Bertz CT molecular complexity index is 1010. The molecule has 3 heterocycles. The Balaban J connectivity index is 1.47. The first-order valence-electron chi connectivity index (χ1n) is 10.0. The predicted molar refractivity (Wildman–Crippen MR) is 107 cm³/mol. The van der Waals surface area contributed by atoms with Gasteiger partial charge in [0, 0.05) is 37.7 Å². The molecule has 152 valence electrons. The van der Waals surface area contributed by atoms with Crippen LogP contribution in [-0.2, 0) is 11.2 Å². The summed E-state index contributed by atoms with van der Waals surface area (Å²) in [6.45, 7) is 3.05. The lowest BCUT2D eigenvalue weighted by atomic mass is 9.99. The van der Waals surface area contributed by atoms with Crippen molar-refractivity contribution in [1.82, 2.24) is 14.5 Å². The number of nitrogens with zero attached hydrogens (tertiary/aromatic N) is 3. The number of carbonyl (C=O) groups is 2. The molecule has 7 nitrogen and oxygen atoms in total. The monoisotopic (exact) mass is 395 g/mol. The SMILES string of the molecule is COC(=O)c1cncc(CC2CCN(C(=O)c3c(C)ccn(C4CC4)c3=O)C2)c1. The van der Waals surface area contributed by atoms with Crippen LogP contribution in [0.25, 0.3) is 0 Å². The Morgan fingerprint density at radius 1 is 1.24 bits per heavy atom. The van der Waals surface area contributed by atoms with E-state index in [0.717, 1.165) is 36.8 Å². The Kier molecular flexibility index (Phi) is 5.22. The summed E-state index contributed by atoms with van der Waals surface area (Å²) in [4.78, 5) is 43.5. The third-order valence-corrected chi connectivity index (χ3v) is 5.80. The number of rotatable bonds is 5. The van der Waals surface area contributed by atoms with Crippen LogP contribution in [0.15, 0.2) is 35.5 Å². The second kappa shape index (κ2) is 7.81. The van der Waals surface area contributed by atoms with Crippen LogP contribution in [0.3, 0.4) is 0 Å². The van der Waals surface area contributed by atoms with E-state index < -0.39 is 5.97 Å². The van der Waals surface area contributed by atoms with Crippen molar-refractivity contribution in [2.24, 2.45) is 5.92 Å². The second-order valence-electron chi connectivity index (χ2n) is 8.00. The molecule has 1 aliphatic carbocycles. The highest BCUT2D eigenvalue weighted by molar-refractivity contribution is 5.95. The Labute approximate surface area is 169 Å². The van der Waals surface area contributed by atoms with Crippen LogP contribution in [0.2, 0.25) is 0 Å². The van der Waals surface area contributed by atoms with Gasteiger partial charge in [-0.3, -0.25) is 14.6 Å². The third-order valence-electron chi connectivity index (χ3n) is 5.80. The third kappa shape index (κ3) is 3.95. The molecule has 2 aromatic rings. The number of esters is 1. The van der Waals surface area contributed by atoms with Crippen LogP contribution in [0.1, 0.15) is 57.1 Å². The molecular formula is C22H25N3O4. The summed E-state index contributed by atoms with van der Waals surface area (Å²) < 4.78 is 6.45. The van der Waals surface area contributed by atoms with Crippen LogP contribution < -0.4 is 5.56 Å². The second-order valence-corrected chi connectivity index (χ2v) is 8.00. The molecule has 1 saturated heterocycles. The van der Waals surface area contributed by atoms with E-state index in [2.05, 4.69) is 4.98 Å². The summed E-state index contributed by atoms with van der Waals surface area (Å²) in [5.41, 5.74) is 2.23. The van der Waals surface area contributed by atoms with Gasteiger partial charge >= 0.3 is 5.97 Å². The van der Waals surface area contributed by atoms with E-state index in [-0.39, 0.29) is 23.4 Å². The molecule has 1 atom stereocenters. The van der Waals surface area contributed by atoms with Crippen LogP contribution in [-0.4, -0.2) is 46.5 Å². The van der Waals surface area contributed by atoms with Gasteiger partial charge in [-0.15, -0.1) is 0 Å². The van der Waals surface area contributed by atoms with Crippen molar-refractivity contribution in [3.8, 4) is 0 Å². The number of hydrogen-bond acceptors (Lipinski definition) is 5. The fourth-order valence-electron chi connectivity index (χ4n) is 4.05. The summed E-state index contributed by atoms with van der Waals surface area (Å²) in [7, 11) is 1.35. The zero-order valence-electron chi connectivity index (χ0n) is 16.8. The zero-order chi connectivity index (χ0) is 20.5. The van der Waals surface area contributed by atoms with Crippen LogP contribution >= 0.6 is 0 Å². The molecule has 4 rings (SSSR count). The molecule has 1 saturated carbocycles. The lowest BCUT2D eigenvalue weighted by molar-refractivity contribution is 0.0600. The fourth-order valence-corrected chi connectivity index (χ4v) is 4.05. The van der Waals surface area contributed by atoms with Crippen molar-refractivity contribution in [1.29, 1.82) is 0 Å². The van der Waals surface area contributed by atoms with Gasteiger partial charge in [-0.1, -0.05) is 0 Å². The molecular weight excluding hydrogens is 370 g/mol. The van der Waals surface area contributed by atoms with Gasteiger partial charge < -0.3 is 14.2 Å². The summed E-state index contributed by atoms with van der Waals surface area (Å²) in [5.74, 6) is -0.316. The number of likely N-dealkylation sites (tertiary alicyclic amines) is 1. The van der Waals surface area contributed by atoms with Crippen molar-refractivity contribution in [3.63, 3.8) is 0 Å². The quantitative estimate of drug-likeness (QED) is 0.726. The van der Waals surface area contributed by atoms with Gasteiger partial charge in [0.2, 0.25) is 0 Å². The number of carbonyl (C=O) groups excluding carboxylic acids is 2. The van der Waals surface area contributed by atoms with Crippen molar-refractivity contribution >= 4 is 11.9 Å². The summed E-state index contributed by atoms with van der Waals surface area (Å²) in [6.07, 6.45) is 8.62. The minimum atomic E-state index is -0.408. The van der Waals surface area contributed by atoms with E-state index in [0.29, 0.717) is 24.2 Å². The minimum Gasteiger partial charge on any atom is -0.465 e. The zero-order valence-corrected chi connectivity index (χ0v) is 16.8. The van der Waals surface area contributed by atoms with E-state index in [1.807, 2.05) is 13.0 Å². The van der Waals surface area contributed by atoms with Gasteiger partial charge in [0.1, 0.15) is 5.56 Å². The molecule has 2 fully saturated rings. The molecule has 0 spiro atoms. The highest BCUT2D eigenvalue weighted by Gasteiger charge is 2.32. The topological polar surface area (TPSA) is 81.5 Å². The molecule has 0 N–H and O–H groups in total. The molecule has 0 bridgehead atoms. The highest BCUT2D eigenvalue weighted by atomic mass is 16.5. The van der Waals surface area contributed by atoms with Gasteiger partial charge in [0.15, 0.2) is 0 Å². The molecule has 29 heavy (non-hydrogen) atoms. The van der Waals surface area contributed by atoms with Crippen LogP contribution in [0.4, 0.5) is 0 Å². The first-order valence-corrected chi connectivity index (χ1v) is 10.0. The Morgan fingerprint density at radius 3 is 2.76 bits per heavy atom. The number of aryl methyl sites for hydroxylation is 1. The average molecular weight is 395 g/mol. The maximum Gasteiger partial charge on any atom is 0.339 e.